The normalized spacial score (nSPS) is 12.4. The van der Waals surface area contributed by atoms with Gasteiger partial charge >= 0.3 is 5.97 Å². The van der Waals surface area contributed by atoms with E-state index in [0.29, 0.717) is 47.6 Å². The Balaban J connectivity index is 1.62. The zero-order chi connectivity index (χ0) is 25.1. The summed E-state index contributed by atoms with van der Waals surface area (Å²) in [5.41, 5.74) is 3.44. The molecule has 0 bridgehead atoms. The van der Waals surface area contributed by atoms with Crippen LogP contribution in [0.1, 0.15) is 46.1 Å². The molecule has 1 aromatic carbocycles. The fraction of sp³-hybridized carbons (Fsp3) is 0.400. The van der Waals surface area contributed by atoms with E-state index in [0.717, 1.165) is 28.5 Å². The summed E-state index contributed by atoms with van der Waals surface area (Å²) in [5, 5.41) is 19.3. The van der Waals surface area contributed by atoms with Gasteiger partial charge in [-0.05, 0) is 56.9 Å². The summed E-state index contributed by atoms with van der Waals surface area (Å²) in [6.45, 7) is 8.28. The lowest BCUT2D eigenvalue weighted by Gasteiger charge is -2.11. The van der Waals surface area contributed by atoms with Crippen molar-refractivity contribution in [1.82, 2.24) is 24.9 Å². The molecule has 4 aromatic rings. The van der Waals surface area contributed by atoms with Crippen molar-refractivity contribution in [2.24, 2.45) is 5.92 Å². The summed E-state index contributed by atoms with van der Waals surface area (Å²) in [6, 6.07) is 5.75. The molecule has 1 N–H and O–H groups in total. The Morgan fingerprint density at radius 1 is 1.23 bits per heavy atom. The Morgan fingerprint density at radius 2 is 2.03 bits per heavy atom. The molecule has 0 spiro atoms. The number of pyridine rings is 1. The molecule has 3 aromatic heterocycles. The topological polar surface area (TPSA) is 116 Å². The van der Waals surface area contributed by atoms with Gasteiger partial charge in [0.2, 0.25) is 11.7 Å². The summed E-state index contributed by atoms with van der Waals surface area (Å²) in [4.78, 5) is 20.2. The van der Waals surface area contributed by atoms with Crippen LogP contribution >= 0.6 is 11.6 Å². The van der Waals surface area contributed by atoms with Gasteiger partial charge in [0.25, 0.3) is 5.89 Å². The summed E-state index contributed by atoms with van der Waals surface area (Å²) in [6.07, 6.45) is 5.19. The molecule has 0 saturated carbocycles. The number of nitrogens with zero attached hydrogens (tertiary/aromatic N) is 5. The summed E-state index contributed by atoms with van der Waals surface area (Å²) in [5.74, 6) is -0.0305. The number of hydrogen-bond donors (Lipinski definition) is 1. The third-order valence-electron chi connectivity index (χ3n) is 5.85. The van der Waals surface area contributed by atoms with E-state index in [1.807, 2.05) is 31.5 Å². The van der Waals surface area contributed by atoms with Gasteiger partial charge < -0.3 is 14.4 Å². The minimum absolute atomic E-state index is 0.0437. The third kappa shape index (κ3) is 5.30. The maximum Gasteiger partial charge on any atom is 0.306 e. The van der Waals surface area contributed by atoms with Crippen molar-refractivity contribution in [2.75, 3.05) is 0 Å². The monoisotopic (exact) mass is 497 g/mol. The lowest BCUT2D eigenvalue weighted by molar-refractivity contribution is -0.142. The number of fused-ring (bicyclic) bond motifs is 1. The smallest absolute Gasteiger partial charge is 0.306 e. The first kappa shape index (κ1) is 24.7. The number of benzene rings is 1. The average Bonchev–Trinajstić information content (AvgIpc) is 3.46. The molecule has 9 nitrogen and oxygen atoms in total. The number of carbonyl (C=O) groups is 1. The zero-order valence-electron chi connectivity index (χ0n) is 20.2. The van der Waals surface area contributed by atoms with Crippen molar-refractivity contribution >= 4 is 28.5 Å². The number of aromatic nitrogens is 5. The van der Waals surface area contributed by atoms with E-state index in [4.69, 9.17) is 20.9 Å². The van der Waals surface area contributed by atoms with Crippen molar-refractivity contribution in [3.05, 3.63) is 41.2 Å². The zero-order valence-corrected chi connectivity index (χ0v) is 20.9. The Bertz CT molecular complexity index is 1350. The highest BCUT2D eigenvalue weighted by atomic mass is 35.5. The van der Waals surface area contributed by atoms with Crippen molar-refractivity contribution in [1.29, 1.82) is 0 Å². The molecule has 0 aliphatic carbocycles. The van der Waals surface area contributed by atoms with Crippen LogP contribution in [0.4, 0.5) is 0 Å². The maximum atomic E-state index is 11.4. The van der Waals surface area contributed by atoms with Crippen molar-refractivity contribution in [2.45, 2.75) is 59.6 Å². The van der Waals surface area contributed by atoms with Gasteiger partial charge in [0.1, 0.15) is 5.02 Å². The van der Waals surface area contributed by atoms with E-state index in [-0.39, 0.29) is 12.0 Å². The molecule has 10 heteroatoms. The van der Waals surface area contributed by atoms with Gasteiger partial charge in [-0.1, -0.05) is 30.6 Å². The van der Waals surface area contributed by atoms with Crippen molar-refractivity contribution in [3.8, 4) is 28.7 Å². The number of hydrogen-bond acceptors (Lipinski definition) is 7. The number of halogens is 1. The molecule has 0 amide bonds. The second-order valence-corrected chi connectivity index (χ2v) is 9.03. The molecule has 1 atom stereocenters. The predicted octanol–water partition coefficient (Wildman–Crippen LogP) is 5.65. The Labute approximate surface area is 208 Å². The third-order valence-corrected chi connectivity index (χ3v) is 6.12. The minimum atomic E-state index is -0.771. The summed E-state index contributed by atoms with van der Waals surface area (Å²) >= 11 is 6.32. The highest BCUT2D eigenvalue weighted by Gasteiger charge is 2.19. The van der Waals surface area contributed by atoms with Gasteiger partial charge in [-0.15, -0.1) is 0 Å². The molecule has 0 aliphatic heterocycles. The van der Waals surface area contributed by atoms with E-state index in [2.05, 4.69) is 33.2 Å². The molecule has 3 heterocycles. The number of aryl methyl sites for hydroxylation is 2. The largest absolute Gasteiger partial charge is 0.481 e. The SMILES string of the molecule is CCc1cc2c(cnn2CCC(CC)C(=O)O)cc1-c1noc(-c2cnc(OC(C)C)c(Cl)c2)n1. The van der Waals surface area contributed by atoms with Gasteiger partial charge in [0, 0.05) is 23.7 Å². The molecular formula is C25H28ClN5O4. The number of ether oxygens (including phenoxy) is 1. The highest BCUT2D eigenvalue weighted by molar-refractivity contribution is 6.32. The van der Waals surface area contributed by atoms with E-state index in [1.165, 1.54) is 0 Å². The van der Waals surface area contributed by atoms with Crippen LogP contribution < -0.4 is 4.74 Å². The van der Waals surface area contributed by atoms with Crippen LogP contribution in [0.5, 0.6) is 5.88 Å². The molecule has 0 saturated heterocycles. The number of carboxylic acid groups (broad SMARTS) is 1. The van der Waals surface area contributed by atoms with Crippen LogP contribution in [0.25, 0.3) is 33.7 Å². The second-order valence-electron chi connectivity index (χ2n) is 8.62. The summed E-state index contributed by atoms with van der Waals surface area (Å²) in [7, 11) is 0. The van der Waals surface area contributed by atoms with E-state index >= 15 is 0 Å². The van der Waals surface area contributed by atoms with Gasteiger partial charge in [-0.3, -0.25) is 9.48 Å². The predicted molar refractivity (Wildman–Crippen MR) is 132 cm³/mol. The van der Waals surface area contributed by atoms with Crippen LogP contribution in [-0.4, -0.2) is 42.1 Å². The first-order chi connectivity index (χ1) is 16.8. The second kappa shape index (κ2) is 10.4. The van der Waals surface area contributed by atoms with E-state index < -0.39 is 5.97 Å². The number of rotatable bonds is 10. The molecule has 1 unspecified atom stereocenters. The Hall–Kier alpha value is -3.46. The Kier molecular flexibility index (Phi) is 7.35. The van der Waals surface area contributed by atoms with Gasteiger partial charge in [-0.2, -0.15) is 10.1 Å². The van der Waals surface area contributed by atoms with Gasteiger partial charge in [0.05, 0.1) is 29.3 Å². The standard InChI is InChI=1S/C25H28ClN5O4/c1-5-15(25(32)33)7-8-31-21-11-16(6-2)19(9-17(21)13-28-31)22-29-23(35-30-22)18-10-20(26)24(27-12-18)34-14(3)4/h9-15H,5-8H2,1-4H3,(H,32,33). The fourth-order valence-corrected chi connectivity index (χ4v) is 4.14. The van der Waals surface area contributed by atoms with Crippen LogP contribution in [0.15, 0.2) is 35.1 Å². The minimum Gasteiger partial charge on any atom is -0.481 e. The molecule has 35 heavy (non-hydrogen) atoms. The van der Waals surface area contributed by atoms with E-state index in [9.17, 15) is 9.90 Å². The maximum absolute atomic E-state index is 11.4. The van der Waals surface area contributed by atoms with Crippen LogP contribution in [0.3, 0.4) is 0 Å². The van der Waals surface area contributed by atoms with Crippen molar-refractivity contribution in [3.63, 3.8) is 0 Å². The van der Waals surface area contributed by atoms with Crippen LogP contribution in [0.2, 0.25) is 5.02 Å². The molecule has 0 aliphatic rings. The molecular weight excluding hydrogens is 470 g/mol. The van der Waals surface area contributed by atoms with Gasteiger partial charge in [0.15, 0.2) is 0 Å². The van der Waals surface area contributed by atoms with Crippen LogP contribution in [0, 0.1) is 5.92 Å². The molecule has 0 fully saturated rings. The quantitative estimate of drug-likeness (QED) is 0.298. The molecule has 0 radical (unpaired) electrons. The molecule has 184 valence electrons. The summed E-state index contributed by atoms with van der Waals surface area (Å²) < 4.78 is 13.0. The fourth-order valence-electron chi connectivity index (χ4n) is 3.93. The van der Waals surface area contributed by atoms with E-state index in [1.54, 1.807) is 18.5 Å². The Morgan fingerprint density at radius 3 is 2.69 bits per heavy atom. The lowest BCUT2D eigenvalue weighted by atomic mass is 10.0. The lowest BCUT2D eigenvalue weighted by Crippen LogP contribution is -2.15. The first-order valence-corrected chi connectivity index (χ1v) is 12.1. The highest BCUT2D eigenvalue weighted by Crippen LogP contribution is 2.32. The number of carboxylic acids is 1. The van der Waals surface area contributed by atoms with Crippen molar-refractivity contribution < 1.29 is 19.2 Å². The average molecular weight is 498 g/mol. The first-order valence-electron chi connectivity index (χ1n) is 11.7. The van der Waals surface area contributed by atoms with Gasteiger partial charge in [-0.25, -0.2) is 4.98 Å². The van der Waals surface area contributed by atoms with Crippen LogP contribution in [-0.2, 0) is 17.8 Å². The molecule has 4 rings (SSSR count). The number of aliphatic carboxylic acids is 1.